The van der Waals surface area contributed by atoms with Crippen LogP contribution < -0.4 is 5.32 Å². The summed E-state index contributed by atoms with van der Waals surface area (Å²) in [6.45, 7) is 11.6. The van der Waals surface area contributed by atoms with Gasteiger partial charge in [-0.2, -0.15) is 0 Å². The number of nitrogens with one attached hydrogen (secondary N) is 1. The third kappa shape index (κ3) is 3.23. The second-order valence-corrected chi connectivity index (χ2v) is 5.60. The number of hydrogen-bond acceptors (Lipinski definition) is 3. The summed E-state index contributed by atoms with van der Waals surface area (Å²) in [4.78, 5) is 9.04. The highest BCUT2D eigenvalue weighted by atomic mass is 15.0. The van der Waals surface area contributed by atoms with Gasteiger partial charge >= 0.3 is 0 Å². The molecule has 0 saturated heterocycles. The molecule has 1 N–H and O–H groups in total. The Hall–Kier alpha value is -1.90. The summed E-state index contributed by atoms with van der Waals surface area (Å²) in [5.41, 5.74) is 7.43. The van der Waals surface area contributed by atoms with E-state index < -0.39 is 0 Å². The second-order valence-electron chi connectivity index (χ2n) is 5.60. The van der Waals surface area contributed by atoms with E-state index in [0.29, 0.717) is 0 Å². The van der Waals surface area contributed by atoms with E-state index in [2.05, 4.69) is 62.0 Å². The van der Waals surface area contributed by atoms with Crippen LogP contribution in [0.3, 0.4) is 0 Å². The standard InChI is InChI=1S/C18H25N3/c1-6-8-15-17(20-11-21-18(15)19-7-2)16-13(4)9-12(3)10-14(16)5/h9-11H,6-8H2,1-5H3,(H,19,20,21). The summed E-state index contributed by atoms with van der Waals surface area (Å²) in [5.74, 6) is 0.976. The van der Waals surface area contributed by atoms with Crippen LogP contribution in [0, 0.1) is 20.8 Å². The van der Waals surface area contributed by atoms with Crippen LogP contribution in [0.15, 0.2) is 18.5 Å². The summed E-state index contributed by atoms with van der Waals surface area (Å²) in [7, 11) is 0. The van der Waals surface area contributed by atoms with Gasteiger partial charge in [0.1, 0.15) is 12.1 Å². The molecule has 2 rings (SSSR count). The summed E-state index contributed by atoms with van der Waals surface area (Å²) in [6.07, 6.45) is 3.75. The van der Waals surface area contributed by atoms with Crippen LogP contribution in [0.4, 0.5) is 5.82 Å². The Bertz CT molecular complexity index is 609. The maximum absolute atomic E-state index is 4.61. The lowest BCUT2D eigenvalue weighted by molar-refractivity contribution is 0.901. The highest BCUT2D eigenvalue weighted by Gasteiger charge is 2.16. The van der Waals surface area contributed by atoms with Crippen LogP contribution >= 0.6 is 0 Å². The fourth-order valence-corrected chi connectivity index (χ4v) is 2.99. The molecule has 1 aromatic heterocycles. The molecule has 1 heterocycles. The first-order valence-corrected chi connectivity index (χ1v) is 7.74. The van der Waals surface area contributed by atoms with E-state index in [1.807, 2.05) is 0 Å². The van der Waals surface area contributed by atoms with Crippen LogP contribution in [0.2, 0.25) is 0 Å². The molecule has 0 radical (unpaired) electrons. The zero-order valence-electron chi connectivity index (χ0n) is 13.7. The molecule has 112 valence electrons. The van der Waals surface area contributed by atoms with Crippen LogP contribution in [0.1, 0.15) is 42.5 Å². The molecule has 0 aliphatic carbocycles. The molecule has 0 fully saturated rings. The maximum Gasteiger partial charge on any atom is 0.133 e. The number of aromatic nitrogens is 2. The third-order valence-corrected chi connectivity index (χ3v) is 3.70. The normalized spacial score (nSPS) is 10.7. The number of hydrogen-bond donors (Lipinski definition) is 1. The van der Waals surface area contributed by atoms with Crippen molar-refractivity contribution in [2.24, 2.45) is 0 Å². The molecular weight excluding hydrogens is 258 g/mol. The van der Waals surface area contributed by atoms with Crippen molar-refractivity contribution < 1.29 is 0 Å². The molecule has 21 heavy (non-hydrogen) atoms. The Labute approximate surface area is 127 Å². The van der Waals surface area contributed by atoms with Gasteiger partial charge in [-0.1, -0.05) is 31.0 Å². The second kappa shape index (κ2) is 6.70. The predicted molar refractivity (Wildman–Crippen MR) is 89.8 cm³/mol. The zero-order valence-corrected chi connectivity index (χ0v) is 13.7. The van der Waals surface area contributed by atoms with Crippen molar-refractivity contribution in [3.8, 4) is 11.3 Å². The smallest absolute Gasteiger partial charge is 0.133 e. The third-order valence-electron chi connectivity index (χ3n) is 3.70. The quantitative estimate of drug-likeness (QED) is 0.880. The molecule has 0 bridgehead atoms. The molecule has 0 atom stereocenters. The van der Waals surface area contributed by atoms with E-state index in [0.717, 1.165) is 30.9 Å². The topological polar surface area (TPSA) is 37.8 Å². The molecule has 0 saturated carbocycles. The van der Waals surface area contributed by atoms with Gasteiger partial charge in [-0.25, -0.2) is 9.97 Å². The molecule has 1 aromatic carbocycles. The van der Waals surface area contributed by atoms with Crippen LogP contribution in [0.25, 0.3) is 11.3 Å². The van der Waals surface area contributed by atoms with Crippen molar-refractivity contribution in [1.82, 2.24) is 9.97 Å². The highest BCUT2D eigenvalue weighted by Crippen LogP contribution is 2.32. The van der Waals surface area contributed by atoms with E-state index in [1.54, 1.807) is 6.33 Å². The van der Waals surface area contributed by atoms with Crippen molar-refractivity contribution in [1.29, 1.82) is 0 Å². The van der Waals surface area contributed by atoms with E-state index in [-0.39, 0.29) is 0 Å². The molecule has 2 aromatic rings. The van der Waals surface area contributed by atoms with Gasteiger partial charge < -0.3 is 5.32 Å². The Morgan fingerprint density at radius 2 is 1.67 bits per heavy atom. The average Bonchev–Trinajstić information content (AvgIpc) is 2.41. The van der Waals surface area contributed by atoms with Crippen LogP contribution in [-0.4, -0.2) is 16.5 Å². The van der Waals surface area contributed by atoms with Gasteiger partial charge in [0, 0.05) is 17.7 Å². The van der Waals surface area contributed by atoms with Gasteiger partial charge in [0.05, 0.1) is 5.69 Å². The van der Waals surface area contributed by atoms with Gasteiger partial charge in [0.15, 0.2) is 0 Å². The van der Waals surface area contributed by atoms with E-state index in [9.17, 15) is 0 Å². The first-order valence-electron chi connectivity index (χ1n) is 7.74. The number of anilines is 1. The van der Waals surface area contributed by atoms with Crippen molar-refractivity contribution in [2.75, 3.05) is 11.9 Å². The highest BCUT2D eigenvalue weighted by molar-refractivity contribution is 5.74. The van der Waals surface area contributed by atoms with Crippen molar-refractivity contribution in [3.63, 3.8) is 0 Å². The monoisotopic (exact) mass is 283 g/mol. The van der Waals surface area contributed by atoms with Gasteiger partial charge in [-0.05, 0) is 45.2 Å². The Morgan fingerprint density at radius 3 is 2.24 bits per heavy atom. The molecule has 3 nitrogen and oxygen atoms in total. The minimum absolute atomic E-state index is 0.874. The molecular formula is C18H25N3. The van der Waals surface area contributed by atoms with Gasteiger partial charge in [-0.15, -0.1) is 0 Å². The average molecular weight is 283 g/mol. The SMILES string of the molecule is CCCc1c(NCC)ncnc1-c1c(C)cc(C)cc1C. The number of aryl methyl sites for hydroxylation is 3. The van der Waals surface area contributed by atoms with Crippen molar-refractivity contribution >= 4 is 5.82 Å². The minimum Gasteiger partial charge on any atom is -0.370 e. The lowest BCUT2D eigenvalue weighted by Gasteiger charge is -2.17. The predicted octanol–water partition coefficient (Wildman–Crippen LogP) is 4.45. The molecule has 0 spiro atoms. The molecule has 0 aliphatic heterocycles. The molecule has 0 aliphatic rings. The number of nitrogens with zero attached hydrogens (tertiary/aromatic N) is 2. The van der Waals surface area contributed by atoms with Gasteiger partial charge in [0.25, 0.3) is 0 Å². The maximum atomic E-state index is 4.61. The van der Waals surface area contributed by atoms with E-state index in [1.165, 1.54) is 27.8 Å². The first kappa shape index (κ1) is 15.5. The first-order chi connectivity index (χ1) is 10.1. The summed E-state index contributed by atoms with van der Waals surface area (Å²) in [6, 6.07) is 4.46. The fourth-order valence-electron chi connectivity index (χ4n) is 2.99. The minimum atomic E-state index is 0.874. The summed E-state index contributed by atoms with van der Waals surface area (Å²) in [5, 5.41) is 3.37. The van der Waals surface area contributed by atoms with Crippen molar-refractivity contribution in [2.45, 2.75) is 47.5 Å². The molecule has 0 amide bonds. The lowest BCUT2D eigenvalue weighted by atomic mass is 9.93. The van der Waals surface area contributed by atoms with Crippen LogP contribution in [0.5, 0.6) is 0 Å². The fraction of sp³-hybridized carbons (Fsp3) is 0.444. The largest absolute Gasteiger partial charge is 0.370 e. The number of benzene rings is 1. The Kier molecular flexibility index (Phi) is 4.94. The van der Waals surface area contributed by atoms with Crippen molar-refractivity contribution in [3.05, 3.63) is 40.7 Å². The summed E-state index contributed by atoms with van der Waals surface area (Å²) >= 11 is 0. The molecule has 3 heteroatoms. The van der Waals surface area contributed by atoms with Crippen LogP contribution in [-0.2, 0) is 6.42 Å². The van der Waals surface area contributed by atoms with Gasteiger partial charge in [-0.3, -0.25) is 0 Å². The molecule has 0 unspecified atom stereocenters. The summed E-state index contributed by atoms with van der Waals surface area (Å²) < 4.78 is 0. The van der Waals surface area contributed by atoms with Gasteiger partial charge in [0.2, 0.25) is 0 Å². The van der Waals surface area contributed by atoms with E-state index >= 15 is 0 Å². The Morgan fingerprint density at radius 1 is 1.00 bits per heavy atom. The zero-order chi connectivity index (χ0) is 15.4. The number of rotatable bonds is 5. The Balaban J connectivity index is 2.66. The van der Waals surface area contributed by atoms with E-state index in [4.69, 9.17) is 0 Å². The lowest BCUT2D eigenvalue weighted by Crippen LogP contribution is -2.07.